The van der Waals surface area contributed by atoms with Crippen LogP contribution in [0.2, 0.25) is 0 Å². The van der Waals surface area contributed by atoms with E-state index in [1.165, 1.54) is 6.07 Å². The molecule has 2 heterocycles. The second-order valence-corrected chi connectivity index (χ2v) is 12.1. The van der Waals surface area contributed by atoms with Gasteiger partial charge >= 0.3 is 7.12 Å². The summed E-state index contributed by atoms with van der Waals surface area (Å²) < 4.78 is 51.6. The fraction of sp³-hybridized carbons (Fsp3) is 0.650. The van der Waals surface area contributed by atoms with Gasteiger partial charge in [-0.1, -0.05) is 12.1 Å². The molecule has 0 bridgehead atoms. The first-order valence-electron chi connectivity index (χ1n) is 9.47. The van der Waals surface area contributed by atoms with E-state index in [2.05, 4.69) is 4.99 Å². The molecule has 28 heavy (non-hydrogen) atoms. The van der Waals surface area contributed by atoms with E-state index in [0.717, 1.165) is 0 Å². The Bertz CT molecular complexity index is 939. The first-order valence-corrected chi connectivity index (χ1v) is 11.1. The summed E-state index contributed by atoms with van der Waals surface area (Å²) in [6.45, 7) is 14.4. The van der Waals surface area contributed by atoms with Crippen molar-refractivity contribution in [3.8, 4) is 0 Å². The van der Waals surface area contributed by atoms with Crippen molar-refractivity contribution in [2.45, 2.75) is 76.9 Å². The smallest absolute Gasteiger partial charge is 0.399 e. The van der Waals surface area contributed by atoms with Gasteiger partial charge in [0, 0.05) is 11.3 Å². The third kappa shape index (κ3) is 3.13. The lowest BCUT2D eigenvalue weighted by Gasteiger charge is -2.38. The molecule has 0 aliphatic carbocycles. The van der Waals surface area contributed by atoms with Crippen molar-refractivity contribution in [1.29, 1.82) is 0 Å². The predicted molar refractivity (Wildman–Crippen MR) is 110 cm³/mol. The van der Waals surface area contributed by atoms with Crippen molar-refractivity contribution < 1.29 is 22.1 Å². The summed E-state index contributed by atoms with van der Waals surface area (Å²) in [5.74, 6) is -0.747. The molecule has 2 aliphatic heterocycles. The molecule has 2 aliphatic rings. The van der Waals surface area contributed by atoms with Crippen molar-refractivity contribution in [2.75, 3.05) is 5.75 Å². The van der Waals surface area contributed by atoms with Crippen molar-refractivity contribution in [2.24, 2.45) is 4.99 Å². The van der Waals surface area contributed by atoms with Gasteiger partial charge in [-0.2, -0.15) is 0 Å². The molecular formula is C20H29BFNO4S. The third-order valence-electron chi connectivity index (χ3n) is 6.63. The highest BCUT2D eigenvalue weighted by Crippen LogP contribution is 2.39. The standard InChI is InChI=1S/C20H29BFNO4S/c1-13-17(2,3)28(24,25)12-20(8,23-13)15-11-14(9-10-16(15)22)21-26-18(4,5)19(6,7)27-21/h9-11H,12H2,1-8H3/t20-/m0/s1. The van der Waals surface area contributed by atoms with Crippen molar-refractivity contribution in [3.05, 3.63) is 29.6 Å². The van der Waals surface area contributed by atoms with Crippen LogP contribution in [0.25, 0.3) is 0 Å². The summed E-state index contributed by atoms with van der Waals surface area (Å²) in [6, 6.07) is 4.57. The second kappa shape index (κ2) is 6.13. The first-order chi connectivity index (χ1) is 12.5. The number of halogens is 1. The summed E-state index contributed by atoms with van der Waals surface area (Å²) in [4.78, 5) is 4.63. The molecule has 0 spiro atoms. The molecule has 1 fully saturated rings. The molecule has 0 amide bonds. The van der Waals surface area contributed by atoms with Gasteiger partial charge in [0.05, 0.1) is 22.5 Å². The van der Waals surface area contributed by atoms with Crippen LogP contribution in [0.3, 0.4) is 0 Å². The normalized spacial score (nSPS) is 30.2. The second-order valence-electron chi connectivity index (χ2n) is 9.57. The average molecular weight is 409 g/mol. The topological polar surface area (TPSA) is 65.0 Å². The molecule has 5 nitrogen and oxygen atoms in total. The Morgan fingerprint density at radius 1 is 1.04 bits per heavy atom. The van der Waals surface area contributed by atoms with E-state index in [1.807, 2.05) is 27.7 Å². The van der Waals surface area contributed by atoms with E-state index in [9.17, 15) is 12.8 Å². The number of aliphatic imine (C=N–C) groups is 1. The lowest BCUT2D eigenvalue weighted by molar-refractivity contribution is 0.00578. The van der Waals surface area contributed by atoms with Crippen LogP contribution in [0.15, 0.2) is 23.2 Å². The lowest BCUT2D eigenvalue weighted by Crippen LogP contribution is -2.51. The largest absolute Gasteiger partial charge is 0.494 e. The van der Waals surface area contributed by atoms with Crippen molar-refractivity contribution >= 4 is 28.1 Å². The van der Waals surface area contributed by atoms with Gasteiger partial charge in [-0.15, -0.1) is 0 Å². The van der Waals surface area contributed by atoms with Crippen LogP contribution < -0.4 is 5.46 Å². The van der Waals surface area contributed by atoms with Gasteiger partial charge in [0.15, 0.2) is 9.84 Å². The molecule has 0 aromatic heterocycles. The molecule has 0 unspecified atom stereocenters. The predicted octanol–water partition coefficient (Wildman–Crippen LogP) is 3.01. The molecule has 1 saturated heterocycles. The Kier molecular flexibility index (Phi) is 4.70. The van der Waals surface area contributed by atoms with Crippen LogP contribution in [0, 0.1) is 5.82 Å². The van der Waals surface area contributed by atoms with E-state index in [1.54, 1.807) is 39.8 Å². The van der Waals surface area contributed by atoms with Gasteiger partial charge in [-0.3, -0.25) is 4.99 Å². The van der Waals surface area contributed by atoms with E-state index >= 15 is 0 Å². The summed E-state index contributed by atoms with van der Waals surface area (Å²) >= 11 is 0. The summed E-state index contributed by atoms with van der Waals surface area (Å²) in [5.41, 5.74) is -0.903. The van der Waals surface area contributed by atoms with Gasteiger partial charge in [0.25, 0.3) is 0 Å². The van der Waals surface area contributed by atoms with Crippen LogP contribution in [0.4, 0.5) is 4.39 Å². The minimum Gasteiger partial charge on any atom is -0.399 e. The molecule has 1 aromatic carbocycles. The molecule has 1 atom stereocenters. The van der Waals surface area contributed by atoms with Crippen molar-refractivity contribution in [1.82, 2.24) is 0 Å². The van der Waals surface area contributed by atoms with Gasteiger partial charge in [0.2, 0.25) is 0 Å². The number of rotatable bonds is 2. The SMILES string of the molecule is CC1=N[C@](C)(c2cc(B3OC(C)(C)C(C)(C)O3)ccc2F)CS(=O)(=O)C1(C)C. The maximum absolute atomic E-state index is 14.8. The van der Waals surface area contributed by atoms with Crippen LogP contribution in [0.5, 0.6) is 0 Å². The zero-order valence-corrected chi connectivity index (χ0v) is 18.7. The van der Waals surface area contributed by atoms with Gasteiger partial charge in [-0.05, 0) is 66.9 Å². The van der Waals surface area contributed by atoms with Crippen molar-refractivity contribution in [3.63, 3.8) is 0 Å². The molecule has 8 heteroatoms. The van der Waals surface area contributed by atoms with Gasteiger partial charge in [0.1, 0.15) is 10.6 Å². The molecule has 1 aromatic rings. The first kappa shape index (κ1) is 21.5. The fourth-order valence-electron chi connectivity index (χ4n) is 3.53. The number of hydrogen-bond acceptors (Lipinski definition) is 5. The van der Waals surface area contributed by atoms with Gasteiger partial charge < -0.3 is 9.31 Å². The number of sulfone groups is 1. The highest BCUT2D eigenvalue weighted by atomic mass is 32.2. The van der Waals surface area contributed by atoms with E-state index in [4.69, 9.17) is 9.31 Å². The fourth-order valence-corrected chi connectivity index (χ4v) is 5.35. The molecule has 154 valence electrons. The summed E-state index contributed by atoms with van der Waals surface area (Å²) in [5, 5.41) is 0. The van der Waals surface area contributed by atoms with Crippen LogP contribution >= 0.6 is 0 Å². The molecular weight excluding hydrogens is 380 g/mol. The zero-order chi connectivity index (χ0) is 21.3. The quantitative estimate of drug-likeness (QED) is 0.705. The monoisotopic (exact) mass is 409 g/mol. The number of benzene rings is 1. The Labute approximate surface area is 167 Å². The minimum absolute atomic E-state index is 0.234. The van der Waals surface area contributed by atoms with Gasteiger partial charge in [-0.25, -0.2) is 12.8 Å². The highest BCUT2D eigenvalue weighted by molar-refractivity contribution is 7.93. The minimum atomic E-state index is -3.51. The Morgan fingerprint density at radius 2 is 1.57 bits per heavy atom. The highest BCUT2D eigenvalue weighted by Gasteiger charge is 2.53. The zero-order valence-electron chi connectivity index (χ0n) is 17.9. The molecule has 0 N–H and O–H groups in total. The molecule has 0 radical (unpaired) electrons. The van der Waals surface area contributed by atoms with E-state index in [-0.39, 0.29) is 11.3 Å². The maximum Gasteiger partial charge on any atom is 0.494 e. The number of nitrogens with zero attached hydrogens (tertiary/aromatic N) is 1. The number of hydrogen-bond donors (Lipinski definition) is 0. The van der Waals surface area contributed by atoms with Crippen LogP contribution in [-0.4, -0.2) is 42.9 Å². The van der Waals surface area contributed by atoms with Crippen LogP contribution in [0.1, 0.15) is 61.0 Å². The lowest BCUT2D eigenvalue weighted by atomic mass is 9.76. The van der Waals surface area contributed by atoms with E-state index < -0.39 is 44.3 Å². The Hall–Kier alpha value is -1.25. The maximum atomic E-state index is 14.8. The van der Waals surface area contributed by atoms with E-state index in [0.29, 0.717) is 11.2 Å². The summed E-state index contributed by atoms with van der Waals surface area (Å²) in [6.07, 6.45) is 0. The van der Waals surface area contributed by atoms with Crippen LogP contribution in [-0.2, 0) is 24.7 Å². The molecule has 3 rings (SSSR count). The third-order valence-corrected chi connectivity index (χ3v) is 9.42. The Morgan fingerprint density at radius 3 is 2.07 bits per heavy atom. The summed E-state index contributed by atoms with van der Waals surface area (Å²) in [7, 11) is -4.17. The Balaban J connectivity index is 2.08. The average Bonchev–Trinajstić information content (AvgIpc) is 2.73. The molecule has 0 saturated carbocycles.